The van der Waals surface area contributed by atoms with Crippen molar-refractivity contribution < 1.29 is 19.4 Å². The van der Waals surface area contributed by atoms with Crippen LogP contribution in [0.4, 0.5) is 4.39 Å². The number of carbonyl (C=O) groups is 1. The van der Waals surface area contributed by atoms with Gasteiger partial charge in [-0.05, 0) is 67.6 Å². The van der Waals surface area contributed by atoms with Crippen molar-refractivity contribution >= 4 is 5.91 Å². The predicted octanol–water partition coefficient (Wildman–Crippen LogP) is 2.23. The lowest BCUT2D eigenvalue weighted by Gasteiger charge is -2.64. The first-order chi connectivity index (χ1) is 12.4. The normalized spacial score (nSPS) is 41.3. The first-order valence-electron chi connectivity index (χ1n) is 9.82. The molecule has 5 heteroatoms. The molecule has 0 aromatic heterocycles. The summed E-state index contributed by atoms with van der Waals surface area (Å²) in [6, 6.07) is 6.68. The predicted molar refractivity (Wildman–Crippen MR) is 93.8 cm³/mol. The minimum absolute atomic E-state index is 0.0825. The number of aliphatic hydroxyl groups excluding tert-OH is 1. The Labute approximate surface area is 153 Å². The van der Waals surface area contributed by atoms with E-state index in [0.717, 1.165) is 37.7 Å². The molecule has 2 unspecified atom stereocenters. The van der Waals surface area contributed by atoms with Gasteiger partial charge >= 0.3 is 0 Å². The Morgan fingerprint density at radius 3 is 2.27 bits per heavy atom. The minimum atomic E-state index is -0.573. The monoisotopic (exact) mass is 359 g/mol. The second-order valence-electron chi connectivity index (χ2n) is 9.24. The third-order valence-corrected chi connectivity index (χ3v) is 7.65. The molecule has 2 atom stereocenters. The average molecular weight is 359 g/mol. The summed E-state index contributed by atoms with van der Waals surface area (Å²) in [6.07, 6.45) is 4.48. The zero-order valence-corrected chi connectivity index (χ0v) is 14.9. The molecule has 1 aromatic rings. The lowest BCUT2D eigenvalue weighted by atomic mass is 9.41. The summed E-state index contributed by atoms with van der Waals surface area (Å²) in [4.78, 5) is 14.7. The van der Waals surface area contributed by atoms with Crippen molar-refractivity contribution in [2.24, 2.45) is 17.8 Å². The Kier molecular flexibility index (Phi) is 3.55. The number of likely N-dealkylation sites (tertiary alicyclic amines) is 1. The molecule has 140 valence electrons. The zero-order chi connectivity index (χ0) is 18.1. The quantitative estimate of drug-likeness (QED) is 0.870. The number of nitrogens with zero attached hydrogens (tertiary/aromatic N) is 1. The fourth-order valence-electron chi connectivity index (χ4n) is 6.70. The van der Waals surface area contributed by atoms with Crippen molar-refractivity contribution in [2.45, 2.75) is 55.6 Å². The van der Waals surface area contributed by atoms with Gasteiger partial charge in [0.15, 0.2) is 0 Å². The van der Waals surface area contributed by atoms with Gasteiger partial charge in [-0.3, -0.25) is 4.79 Å². The van der Waals surface area contributed by atoms with Crippen molar-refractivity contribution in [3.8, 4) is 0 Å². The summed E-state index contributed by atoms with van der Waals surface area (Å²) < 4.78 is 13.6. The Bertz CT molecular complexity index is 711. The van der Waals surface area contributed by atoms with Crippen molar-refractivity contribution in [3.05, 3.63) is 35.6 Å². The number of β-amino-alcohol motifs (C(OH)–C–C–N with tert-alkyl or cyclic N) is 1. The SMILES string of the molecule is O=C(C[C@]1(c2ccc(F)cc2)C2CC3CC1C[C@](O)(C3)C2)N1CC(O)C1. The molecule has 6 rings (SSSR count). The number of aliphatic hydroxyl groups is 2. The van der Waals surface area contributed by atoms with Gasteiger partial charge in [0.1, 0.15) is 5.82 Å². The third kappa shape index (κ3) is 2.36. The summed E-state index contributed by atoms with van der Waals surface area (Å²) in [5.41, 5.74) is 0.163. The number of hydrogen-bond donors (Lipinski definition) is 2. The molecule has 1 aromatic carbocycles. The maximum Gasteiger partial charge on any atom is 0.223 e. The molecule has 4 aliphatic carbocycles. The molecule has 4 saturated carbocycles. The molecule has 4 bridgehead atoms. The van der Waals surface area contributed by atoms with Gasteiger partial charge in [-0.1, -0.05) is 12.1 Å². The molecule has 26 heavy (non-hydrogen) atoms. The van der Waals surface area contributed by atoms with E-state index in [0.29, 0.717) is 25.4 Å². The second kappa shape index (κ2) is 5.52. The number of carbonyl (C=O) groups excluding carboxylic acids is 1. The number of halogens is 1. The van der Waals surface area contributed by atoms with Crippen LogP contribution in [0.3, 0.4) is 0 Å². The average Bonchev–Trinajstić information content (AvgIpc) is 2.54. The molecule has 2 N–H and O–H groups in total. The van der Waals surface area contributed by atoms with E-state index in [2.05, 4.69) is 0 Å². The smallest absolute Gasteiger partial charge is 0.223 e. The zero-order valence-electron chi connectivity index (χ0n) is 14.9. The van der Waals surface area contributed by atoms with Gasteiger partial charge in [-0.25, -0.2) is 4.39 Å². The Morgan fingerprint density at radius 1 is 1.12 bits per heavy atom. The highest BCUT2D eigenvalue weighted by Gasteiger charge is 2.62. The lowest BCUT2D eigenvalue weighted by molar-refractivity contribution is -0.174. The molecular weight excluding hydrogens is 333 g/mol. The molecule has 0 spiro atoms. The molecule has 1 amide bonds. The number of amides is 1. The molecule has 4 nitrogen and oxygen atoms in total. The number of rotatable bonds is 3. The Hall–Kier alpha value is -1.46. The second-order valence-corrected chi connectivity index (χ2v) is 9.24. The van der Waals surface area contributed by atoms with Crippen LogP contribution < -0.4 is 0 Å². The number of benzene rings is 1. The highest BCUT2D eigenvalue weighted by Crippen LogP contribution is 2.65. The standard InChI is InChI=1S/C21H26FNO3/c22-17-3-1-14(2-4-17)21(10-19(25)23-11-18(24)12-23)15-5-13-6-16(21)9-20(26,7-13)8-15/h1-4,13,15-16,18,24,26H,5-12H2/t13?,15?,16?,20-,21-. The molecule has 5 fully saturated rings. The maximum absolute atomic E-state index is 13.6. The van der Waals surface area contributed by atoms with E-state index in [9.17, 15) is 19.4 Å². The maximum atomic E-state index is 13.6. The van der Waals surface area contributed by atoms with Gasteiger partial charge in [0.05, 0.1) is 11.7 Å². The van der Waals surface area contributed by atoms with Crippen molar-refractivity contribution in [2.75, 3.05) is 13.1 Å². The molecule has 0 radical (unpaired) electrons. The topological polar surface area (TPSA) is 60.8 Å². The number of hydrogen-bond acceptors (Lipinski definition) is 3. The Balaban J connectivity index is 1.53. The summed E-state index contributed by atoms with van der Waals surface area (Å²) in [5.74, 6) is 0.897. The van der Waals surface area contributed by atoms with E-state index in [1.165, 1.54) is 12.1 Å². The highest BCUT2D eigenvalue weighted by molar-refractivity contribution is 5.79. The van der Waals surface area contributed by atoms with E-state index in [1.54, 1.807) is 4.90 Å². The summed E-state index contributed by atoms with van der Waals surface area (Å²) in [7, 11) is 0. The first kappa shape index (κ1) is 16.7. The molecule has 5 aliphatic rings. The lowest BCUT2D eigenvalue weighted by Crippen LogP contribution is -2.64. The van der Waals surface area contributed by atoms with Crippen LogP contribution in [-0.4, -0.2) is 45.8 Å². The van der Waals surface area contributed by atoms with Crippen LogP contribution >= 0.6 is 0 Å². The van der Waals surface area contributed by atoms with Gasteiger partial charge in [-0.15, -0.1) is 0 Å². The van der Waals surface area contributed by atoms with Gasteiger partial charge in [0, 0.05) is 24.9 Å². The highest BCUT2D eigenvalue weighted by atomic mass is 19.1. The molecule has 1 saturated heterocycles. The van der Waals surface area contributed by atoms with Crippen molar-refractivity contribution in [1.82, 2.24) is 4.90 Å². The van der Waals surface area contributed by atoms with Gasteiger partial charge in [0.2, 0.25) is 5.91 Å². The van der Waals surface area contributed by atoms with Crippen LogP contribution in [0.1, 0.15) is 44.1 Å². The van der Waals surface area contributed by atoms with Crippen LogP contribution in [0, 0.1) is 23.6 Å². The van der Waals surface area contributed by atoms with E-state index >= 15 is 0 Å². The van der Waals surface area contributed by atoms with E-state index in [4.69, 9.17) is 0 Å². The minimum Gasteiger partial charge on any atom is -0.390 e. The van der Waals surface area contributed by atoms with E-state index in [1.807, 2.05) is 12.1 Å². The van der Waals surface area contributed by atoms with Crippen LogP contribution in [0.2, 0.25) is 0 Å². The van der Waals surface area contributed by atoms with Gasteiger partial charge in [0.25, 0.3) is 0 Å². The molecular formula is C21H26FNO3. The van der Waals surface area contributed by atoms with Crippen LogP contribution in [0.5, 0.6) is 0 Å². The van der Waals surface area contributed by atoms with Crippen molar-refractivity contribution in [3.63, 3.8) is 0 Å². The summed E-state index contributed by atoms with van der Waals surface area (Å²) in [5, 5.41) is 20.5. The largest absolute Gasteiger partial charge is 0.390 e. The first-order valence-corrected chi connectivity index (χ1v) is 9.82. The van der Waals surface area contributed by atoms with E-state index < -0.39 is 11.7 Å². The summed E-state index contributed by atoms with van der Waals surface area (Å²) >= 11 is 0. The molecule has 1 aliphatic heterocycles. The van der Waals surface area contributed by atoms with Crippen molar-refractivity contribution in [1.29, 1.82) is 0 Å². The van der Waals surface area contributed by atoms with Crippen LogP contribution in [0.15, 0.2) is 24.3 Å². The molecule has 1 heterocycles. The Morgan fingerprint density at radius 2 is 1.73 bits per heavy atom. The van der Waals surface area contributed by atoms with E-state index in [-0.39, 0.29) is 29.0 Å². The van der Waals surface area contributed by atoms with Crippen LogP contribution in [0.25, 0.3) is 0 Å². The van der Waals surface area contributed by atoms with Crippen LogP contribution in [-0.2, 0) is 10.2 Å². The van der Waals surface area contributed by atoms with Gasteiger partial charge < -0.3 is 15.1 Å². The summed E-state index contributed by atoms with van der Waals surface area (Å²) in [6.45, 7) is 0.834. The third-order valence-electron chi connectivity index (χ3n) is 7.65. The van der Waals surface area contributed by atoms with Gasteiger partial charge in [-0.2, -0.15) is 0 Å². The fraction of sp³-hybridized carbons (Fsp3) is 0.667. The fourth-order valence-corrected chi connectivity index (χ4v) is 6.70.